The predicted octanol–water partition coefficient (Wildman–Crippen LogP) is 1.43. The van der Waals surface area contributed by atoms with Crippen LogP contribution in [-0.2, 0) is 0 Å². The summed E-state index contributed by atoms with van der Waals surface area (Å²) in [7, 11) is 0. The minimum Gasteiger partial charge on any atom is -0.380 e. The monoisotopic (exact) mass is 324 g/mol. The number of anilines is 2. The zero-order valence-electron chi connectivity index (χ0n) is 13.4. The lowest BCUT2D eigenvalue weighted by Crippen LogP contribution is -2.49. The van der Waals surface area contributed by atoms with Crippen LogP contribution in [0.5, 0.6) is 0 Å². The SMILES string of the molecule is C=CCNc1ccc(C(=O)N2CCN(c3ncccn3)CC2)nc1. The molecule has 0 unspecified atom stereocenters. The number of pyridine rings is 1. The maximum Gasteiger partial charge on any atom is 0.272 e. The number of carbonyl (C=O) groups is 1. The molecule has 7 nitrogen and oxygen atoms in total. The number of rotatable bonds is 5. The van der Waals surface area contributed by atoms with Crippen molar-refractivity contribution in [1.82, 2.24) is 19.9 Å². The highest BCUT2D eigenvalue weighted by molar-refractivity contribution is 5.92. The molecule has 0 aromatic carbocycles. The highest BCUT2D eigenvalue weighted by Crippen LogP contribution is 2.13. The first-order chi connectivity index (χ1) is 11.8. The summed E-state index contributed by atoms with van der Waals surface area (Å²) >= 11 is 0. The molecule has 3 heterocycles. The lowest BCUT2D eigenvalue weighted by Gasteiger charge is -2.34. The third-order valence-corrected chi connectivity index (χ3v) is 3.83. The van der Waals surface area contributed by atoms with Crippen LogP contribution in [0, 0.1) is 0 Å². The third kappa shape index (κ3) is 3.68. The summed E-state index contributed by atoms with van der Waals surface area (Å²) in [5.74, 6) is 0.666. The number of hydrogen-bond acceptors (Lipinski definition) is 6. The molecular weight excluding hydrogens is 304 g/mol. The summed E-state index contributed by atoms with van der Waals surface area (Å²) in [4.78, 5) is 29.2. The summed E-state index contributed by atoms with van der Waals surface area (Å²) in [6.07, 6.45) is 6.90. The zero-order valence-corrected chi connectivity index (χ0v) is 13.4. The van der Waals surface area contributed by atoms with Gasteiger partial charge in [0, 0.05) is 45.1 Å². The van der Waals surface area contributed by atoms with Gasteiger partial charge in [0.15, 0.2) is 0 Å². The van der Waals surface area contributed by atoms with Crippen LogP contribution in [0.4, 0.5) is 11.6 Å². The van der Waals surface area contributed by atoms with Crippen LogP contribution in [0.15, 0.2) is 49.4 Å². The Hall–Kier alpha value is -2.96. The molecule has 1 amide bonds. The summed E-state index contributed by atoms with van der Waals surface area (Å²) in [5, 5.41) is 3.14. The maximum absolute atomic E-state index is 12.5. The summed E-state index contributed by atoms with van der Waals surface area (Å²) in [6, 6.07) is 5.40. The van der Waals surface area contributed by atoms with Gasteiger partial charge in [0.2, 0.25) is 5.95 Å². The average Bonchev–Trinajstić information content (AvgIpc) is 2.67. The van der Waals surface area contributed by atoms with Gasteiger partial charge in [0.25, 0.3) is 5.91 Å². The number of piperazine rings is 1. The van der Waals surface area contributed by atoms with Gasteiger partial charge >= 0.3 is 0 Å². The molecule has 124 valence electrons. The molecule has 1 aliphatic heterocycles. The Balaban J connectivity index is 1.58. The van der Waals surface area contributed by atoms with Gasteiger partial charge in [-0.1, -0.05) is 6.08 Å². The van der Waals surface area contributed by atoms with E-state index >= 15 is 0 Å². The fraction of sp³-hybridized carbons (Fsp3) is 0.294. The molecule has 1 saturated heterocycles. The van der Waals surface area contributed by atoms with Gasteiger partial charge in [-0.25, -0.2) is 15.0 Å². The Morgan fingerprint density at radius 1 is 1.17 bits per heavy atom. The molecule has 3 rings (SSSR count). The second-order valence-corrected chi connectivity index (χ2v) is 5.43. The molecule has 0 spiro atoms. The molecule has 0 saturated carbocycles. The van der Waals surface area contributed by atoms with E-state index in [1.165, 1.54) is 0 Å². The van der Waals surface area contributed by atoms with Gasteiger partial charge in [0.1, 0.15) is 5.69 Å². The van der Waals surface area contributed by atoms with Gasteiger partial charge in [-0.15, -0.1) is 6.58 Å². The first-order valence-corrected chi connectivity index (χ1v) is 7.90. The van der Waals surface area contributed by atoms with Crippen LogP contribution in [0.2, 0.25) is 0 Å². The second kappa shape index (κ2) is 7.54. The third-order valence-electron chi connectivity index (χ3n) is 3.83. The van der Waals surface area contributed by atoms with Crippen LogP contribution in [0.3, 0.4) is 0 Å². The van der Waals surface area contributed by atoms with Crippen molar-refractivity contribution in [2.75, 3.05) is 42.9 Å². The van der Waals surface area contributed by atoms with Crippen molar-refractivity contribution >= 4 is 17.5 Å². The molecule has 0 aliphatic carbocycles. The lowest BCUT2D eigenvalue weighted by atomic mass is 10.2. The fourth-order valence-electron chi connectivity index (χ4n) is 2.54. The highest BCUT2D eigenvalue weighted by Gasteiger charge is 2.23. The van der Waals surface area contributed by atoms with E-state index in [0.717, 1.165) is 5.69 Å². The second-order valence-electron chi connectivity index (χ2n) is 5.43. The van der Waals surface area contributed by atoms with Gasteiger partial charge < -0.3 is 15.1 Å². The maximum atomic E-state index is 12.5. The van der Waals surface area contributed by atoms with E-state index in [1.54, 1.807) is 36.8 Å². The first-order valence-electron chi connectivity index (χ1n) is 7.90. The Labute approximate surface area is 141 Å². The number of hydrogen-bond donors (Lipinski definition) is 1. The molecular formula is C17H20N6O. The first kappa shape index (κ1) is 15.9. The van der Waals surface area contributed by atoms with E-state index in [4.69, 9.17) is 0 Å². The summed E-state index contributed by atoms with van der Waals surface area (Å²) < 4.78 is 0. The Morgan fingerprint density at radius 2 is 1.92 bits per heavy atom. The van der Waals surface area contributed by atoms with Crippen LogP contribution >= 0.6 is 0 Å². The van der Waals surface area contributed by atoms with E-state index in [-0.39, 0.29) is 5.91 Å². The van der Waals surface area contributed by atoms with E-state index in [2.05, 4.69) is 31.7 Å². The molecule has 1 fully saturated rings. The summed E-state index contributed by atoms with van der Waals surface area (Å²) in [6.45, 7) is 7.02. The van der Waals surface area contributed by atoms with Crippen molar-refractivity contribution < 1.29 is 4.79 Å². The molecule has 2 aromatic rings. The van der Waals surface area contributed by atoms with Crippen molar-refractivity contribution in [3.63, 3.8) is 0 Å². The molecule has 0 atom stereocenters. The largest absolute Gasteiger partial charge is 0.380 e. The van der Waals surface area contributed by atoms with Gasteiger partial charge in [-0.05, 0) is 18.2 Å². The molecule has 24 heavy (non-hydrogen) atoms. The topological polar surface area (TPSA) is 74.2 Å². The predicted molar refractivity (Wildman–Crippen MR) is 93.1 cm³/mol. The fourth-order valence-corrected chi connectivity index (χ4v) is 2.54. The Bertz CT molecular complexity index is 680. The van der Waals surface area contributed by atoms with Gasteiger partial charge in [-0.2, -0.15) is 0 Å². The molecule has 2 aromatic heterocycles. The number of carbonyl (C=O) groups excluding carboxylic acids is 1. The van der Waals surface area contributed by atoms with Crippen molar-refractivity contribution in [1.29, 1.82) is 0 Å². The Morgan fingerprint density at radius 3 is 2.54 bits per heavy atom. The van der Waals surface area contributed by atoms with Crippen molar-refractivity contribution in [3.8, 4) is 0 Å². The molecule has 0 bridgehead atoms. The van der Waals surface area contributed by atoms with E-state index in [1.807, 2.05) is 11.0 Å². The standard InChI is InChI=1S/C17H20N6O/c1-2-6-18-14-4-5-15(21-13-14)16(24)22-9-11-23(12-10-22)17-19-7-3-8-20-17/h2-5,7-8,13,18H,1,6,9-12H2. The average molecular weight is 324 g/mol. The molecule has 1 N–H and O–H groups in total. The van der Waals surface area contributed by atoms with E-state index in [9.17, 15) is 4.79 Å². The minimum absolute atomic E-state index is 0.0427. The summed E-state index contributed by atoms with van der Waals surface area (Å²) in [5.41, 5.74) is 1.33. The van der Waals surface area contributed by atoms with E-state index in [0.29, 0.717) is 44.4 Å². The van der Waals surface area contributed by atoms with Crippen molar-refractivity contribution in [2.24, 2.45) is 0 Å². The number of nitrogens with one attached hydrogen (secondary N) is 1. The lowest BCUT2D eigenvalue weighted by molar-refractivity contribution is 0.0740. The van der Waals surface area contributed by atoms with Crippen LogP contribution in [0.25, 0.3) is 0 Å². The smallest absolute Gasteiger partial charge is 0.272 e. The zero-order chi connectivity index (χ0) is 16.8. The minimum atomic E-state index is -0.0427. The van der Waals surface area contributed by atoms with Crippen LogP contribution < -0.4 is 10.2 Å². The molecule has 1 aliphatic rings. The van der Waals surface area contributed by atoms with Gasteiger partial charge in [0.05, 0.1) is 11.9 Å². The number of aromatic nitrogens is 3. The van der Waals surface area contributed by atoms with Crippen LogP contribution in [-0.4, -0.2) is 58.5 Å². The van der Waals surface area contributed by atoms with Crippen molar-refractivity contribution in [2.45, 2.75) is 0 Å². The highest BCUT2D eigenvalue weighted by atomic mass is 16.2. The van der Waals surface area contributed by atoms with Gasteiger partial charge in [-0.3, -0.25) is 4.79 Å². The Kier molecular flexibility index (Phi) is 5.00. The van der Waals surface area contributed by atoms with Crippen LogP contribution in [0.1, 0.15) is 10.5 Å². The molecule has 7 heteroatoms. The van der Waals surface area contributed by atoms with E-state index < -0.39 is 0 Å². The normalized spacial score (nSPS) is 14.3. The number of amides is 1. The number of nitrogens with zero attached hydrogens (tertiary/aromatic N) is 5. The quantitative estimate of drug-likeness (QED) is 0.839. The molecule has 0 radical (unpaired) electrons. The van der Waals surface area contributed by atoms with Crippen molar-refractivity contribution in [3.05, 3.63) is 55.1 Å².